The van der Waals surface area contributed by atoms with Gasteiger partial charge in [0.05, 0.1) is 50.3 Å². The maximum Gasteiger partial charge on any atom is 0.328 e. The van der Waals surface area contributed by atoms with Crippen molar-refractivity contribution in [3.05, 3.63) is 35.9 Å². The van der Waals surface area contributed by atoms with Gasteiger partial charge in [0.15, 0.2) is 0 Å². The zero-order valence-electron chi connectivity index (χ0n) is 27.1. The number of rotatable bonds is 17. The van der Waals surface area contributed by atoms with E-state index in [0.29, 0.717) is 19.4 Å². The van der Waals surface area contributed by atoms with E-state index in [1.807, 2.05) is 30.3 Å². The maximum atomic E-state index is 13.8. The molecule has 1 fully saturated rings. The van der Waals surface area contributed by atoms with Gasteiger partial charge in [0.25, 0.3) is 0 Å². The van der Waals surface area contributed by atoms with Crippen LogP contribution in [0.15, 0.2) is 30.3 Å². The normalized spacial score (nSPS) is 19.1. The molecule has 1 aromatic carbocycles. The molecule has 0 saturated carbocycles. The van der Waals surface area contributed by atoms with Gasteiger partial charge in [0.2, 0.25) is 17.7 Å². The molecule has 7 atom stereocenters. The zero-order valence-corrected chi connectivity index (χ0v) is 27.1. The largest absolute Gasteiger partial charge is 0.467 e. The first-order valence-corrected chi connectivity index (χ1v) is 15.2. The lowest BCUT2D eigenvalue weighted by Crippen LogP contribution is -2.54. The predicted molar refractivity (Wildman–Crippen MR) is 164 cm³/mol. The van der Waals surface area contributed by atoms with Gasteiger partial charge in [0, 0.05) is 34.2 Å². The Labute approximate surface area is 257 Å². The van der Waals surface area contributed by atoms with Crippen LogP contribution in [-0.2, 0) is 39.8 Å². The smallest absolute Gasteiger partial charge is 0.328 e. The third kappa shape index (κ3) is 9.74. The van der Waals surface area contributed by atoms with Crippen LogP contribution in [-0.4, -0.2) is 112 Å². The van der Waals surface area contributed by atoms with Gasteiger partial charge >= 0.3 is 5.97 Å². The van der Waals surface area contributed by atoms with E-state index < -0.39 is 30.1 Å². The summed E-state index contributed by atoms with van der Waals surface area (Å²) in [6, 6.07) is 7.93. The highest BCUT2D eigenvalue weighted by atomic mass is 16.5. The summed E-state index contributed by atoms with van der Waals surface area (Å²) in [4.78, 5) is 56.0. The van der Waals surface area contributed by atoms with Gasteiger partial charge < -0.3 is 34.6 Å². The second-order valence-corrected chi connectivity index (χ2v) is 11.4. The van der Waals surface area contributed by atoms with E-state index in [2.05, 4.69) is 24.5 Å². The quantitative estimate of drug-likeness (QED) is 0.259. The van der Waals surface area contributed by atoms with Crippen molar-refractivity contribution < 1.29 is 33.4 Å². The molecule has 1 aliphatic heterocycles. The van der Waals surface area contributed by atoms with Crippen molar-refractivity contribution in [3.63, 3.8) is 0 Å². The Hall–Kier alpha value is -3.02. The molecular weight excluding hydrogens is 552 g/mol. The molecule has 1 heterocycles. The van der Waals surface area contributed by atoms with Crippen molar-refractivity contribution in [2.75, 3.05) is 48.5 Å². The second-order valence-electron chi connectivity index (χ2n) is 11.4. The molecule has 43 heavy (non-hydrogen) atoms. The molecule has 1 saturated heterocycles. The first kappa shape index (κ1) is 36.2. The molecular formula is C32H52N4O7. The van der Waals surface area contributed by atoms with Gasteiger partial charge in [-0.05, 0) is 31.4 Å². The van der Waals surface area contributed by atoms with Crippen molar-refractivity contribution in [1.29, 1.82) is 0 Å². The number of esters is 1. The van der Waals surface area contributed by atoms with Gasteiger partial charge in [-0.1, -0.05) is 57.5 Å². The molecule has 3 amide bonds. The Morgan fingerprint density at radius 2 is 1.74 bits per heavy atom. The summed E-state index contributed by atoms with van der Waals surface area (Å²) < 4.78 is 16.7. The van der Waals surface area contributed by atoms with Crippen LogP contribution < -0.4 is 10.6 Å². The van der Waals surface area contributed by atoms with E-state index in [0.717, 1.165) is 18.4 Å². The molecule has 0 bridgehead atoms. The van der Waals surface area contributed by atoms with Crippen molar-refractivity contribution in [1.82, 2.24) is 20.4 Å². The first-order chi connectivity index (χ1) is 20.5. The van der Waals surface area contributed by atoms with Crippen LogP contribution in [0.1, 0.15) is 52.0 Å². The molecule has 0 radical (unpaired) electrons. The van der Waals surface area contributed by atoms with E-state index in [9.17, 15) is 19.2 Å². The van der Waals surface area contributed by atoms with Crippen LogP contribution in [0.25, 0.3) is 0 Å². The molecule has 11 nitrogen and oxygen atoms in total. The van der Waals surface area contributed by atoms with E-state index in [1.165, 1.54) is 14.2 Å². The summed E-state index contributed by atoms with van der Waals surface area (Å²) in [6.45, 7) is 6.60. The highest BCUT2D eigenvalue weighted by Gasteiger charge is 2.42. The Bertz CT molecular complexity index is 1040. The van der Waals surface area contributed by atoms with Crippen molar-refractivity contribution in [2.45, 2.75) is 83.2 Å². The van der Waals surface area contributed by atoms with Crippen LogP contribution in [0.4, 0.5) is 0 Å². The third-order valence-corrected chi connectivity index (χ3v) is 8.72. The highest BCUT2D eigenvalue weighted by Crippen LogP contribution is 2.29. The number of likely N-dealkylation sites (N-methyl/N-ethyl adjacent to an activating group) is 2. The number of carbonyl (C=O) groups is 4. The summed E-state index contributed by atoms with van der Waals surface area (Å²) >= 11 is 0. The number of amides is 3. The van der Waals surface area contributed by atoms with Gasteiger partial charge in [-0.15, -0.1) is 0 Å². The predicted octanol–water partition coefficient (Wildman–Crippen LogP) is 2.03. The summed E-state index contributed by atoms with van der Waals surface area (Å²) in [5.74, 6) is -1.61. The van der Waals surface area contributed by atoms with Crippen molar-refractivity contribution >= 4 is 23.7 Å². The van der Waals surface area contributed by atoms with E-state index in [-0.39, 0.29) is 48.7 Å². The van der Waals surface area contributed by atoms with E-state index in [1.54, 1.807) is 37.9 Å². The second kappa shape index (κ2) is 17.9. The minimum absolute atomic E-state index is 0.0712. The Morgan fingerprint density at radius 1 is 1.07 bits per heavy atom. The zero-order chi connectivity index (χ0) is 32.1. The molecule has 2 N–H and O–H groups in total. The fourth-order valence-corrected chi connectivity index (χ4v) is 6.09. The fourth-order valence-electron chi connectivity index (χ4n) is 6.09. The molecule has 2 rings (SSSR count). The number of carbonyl (C=O) groups excluding carboxylic acids is 4. The first-order valence-electron chi connectivity index (χ1n) is 15.2. The number of nitrogens with zero attached hydrogens (tertiary/aromatic N) is 2. The molecule has 242 valence electrons. The molecule has 0 aromatic heterocycles. The lowest BCUT2D eigenvalue weighted by molar-refractivity contribution is -0.148. The van der Waals surface area contributed by atoms with Crippen molar-refractivity contribution in [3.8, 4) is 0 Å². The van der Waals surface area contributed by atoms with Crippen LogP contribution in [0, 0.1) is 11.8 Å². The van der Waals surface area contributed by atoms with Crippen LogP contribution in [0.5, 0.6) is 0 Å². The number of hydrogen-bond acceptors (Lipinski definition) is 8. The molecule has 0 aliphatic carbocycles. The van der Waals surface area contributed by atoms with Crippen molar-refractivity contribution in [2.24, 2.45) is 11.8 Å². The number of ether oxygens (including phenoxy) is 3. The molecule has 6 unspecified atom stereocenters. The third-order valence-electron chi connectivity index (χ3n) is 8.72. The summed E-state index contributed by atoms with van der Waals surface area (Å²) in [5, 5.41) is 5.75. The van der Waals surface area contributed by atoms with Gasteiger partial charge in [-0.25, -0.2) is 4.79 Å². The standard InChI is InChI=1S/C32H52N4O7/c1-9-21(2)29(35(5)28(38)20-33-4)26(41-6)19-27(37)36-17-13-16-25(36)30(42-7)22(3)31(39)34-24(32(40)43-8)18-23-14-11-10-12-15-23/h10-12,14-15,21-22,24-26,29-30,33H,9,13,16-20H2,1-8H3,(H,34,39)/t21?,22-,24?,25?,26?,29?,30?/m1/s1. The topological polar surface area (TPSA) is 127 Å². The molecule has 1 aromatic rings. The lowest BCUT2D eigenvalue weighted by Gasteiger charge is -2.39. The Kier molecular flexibility index (Phi) is 15.1. The lowest BCUT2D eigenvalue weighted by atomic mass is 9.90. The van der Waals surface area contributed by atoms with Gasteiger partial charge in [0.1, 0.15) is 6.04 Å². The molecule has 0 spiro atoms. The number of hydrogen-bond donors (Lipinski definition) is 2. The maximum absolute atomic E-state index is 13.8. The van der Waals surface area contributed by atoms with E-state index in [4.69, 9.17) is 14.2 Å². The van der Waals surface area contributed by atoms with Crippen LogP contribution in [0.2, 0.25) is 0 Å². The average molecular weight is 605 g/mol. The fraction of sp³-hybridized carbons (Fsp3) is 0.688. The monoisotopic (exact) mass is 604 g/mol. The highest BCUT2D eigenvalue weighted by molar-refractivity contribution is 5.86. The van der Waals surface area contributed by atoms with Crippen LogP contribution >= 0.6 is 0 Å². The minimum atomic E-state index is -0.858. The van der Waals surface area contributed by atoms with E-state index >= 15 is 0 Å². The average Bonchev–Trinajstić information content (AvgIpc) is 3.50. The molecule has 11 heteroatoms. The number of likely N-dealkylation sites (tertiary alicyclic amines) is 1. The SMILES string of the molecule is CCC(C)C(C(CC(=O)N1CCCC1C(OC)[C@@H](C)C(=O)NC(Cc1ccccc1)C(=O)OC)OC)N(C)C(=O)CNC. The van der Waals surface area contributed by atoms with Crippen LogP contribution in [0.3, 0.4) is 0 Å². The Balaban J connectivity index is 2.19. The summed E-state index contributed by atoms with van der Waals surface area (Å²) in [5.41, 5.74) is 0.892. The number of nitrogens with one attached hydrogen (secondary N) is 2. The Morgan fingerprint density at radius 3 is 2.30 bits per heavy atom. The molecule has 1 aliphatic rings. The summed E-state index contributed by atoms with van der Waals surface area (Å²) in [7, 11) is 7.88. The number of methoxy groups -OCH3 is 3. The summed E-state index contributed by atoms with van der Waals surface area (Å²) in [6.07, 6.45) is 1.56. The number of benzene rings is 1. The van der Waals surface area contributed by atoms with Gasteiger partial charge in [-0.2, -0.15) is 0 Å². The van der Waals surface area contributed by atoms with Gasteiger partial charge in [-0.3, -0.25) is 14.4 Å². The minimum Gasteiger partial charge on any atom is -0.467 e.